The van der Waals surface area contributed by atoms with E-state index < -0.39 is 29.1 Å². The lowest BCUT2D eigenvalue weighted by molar-refractivity contribution is 0.200. The Bertz CT molecular complexity index is 606. The Hall–Kier alpha value is -2.01. The number of aliphatic hydroxyl groups excluding tert-OH is 1. The number of rotatable bonds is 5. The summed E-state index contributed by atoms with van der Waals surface area (Å²) in [5, 5.41) is 10.2. The first-order valence-electron chi connectivity index (χ1n) is 6.58. The van der Waals surface area contributed by atoms with Crippen molar-refractivity contribution in [2.75, 3.05) is 6.61 Å². The Labute approximate surface area is 120 Å². The first-order chi connectivity index (χ1) is 10.0. The summed E-state index contributed by atoms with van der Waals surface area (Å²) in [5.41, 5.74) is -0.362. The molecule has 0 radical (unpaired) electrons. The van der Waals surface area contributed by atoms with Crippen LogP contribution in [-0.4, -0.2) is 11.7 Å². The Balaban J connectivity index is 2.43. The summed E-state index contributed by atoms with van der Waals surface area (Å²) >= 11 is 0. The zero-order chi connectivity index (χ0) is 15.4. The molecule has 0 aromatic heterocycles. The van der Waals surface area contributed by atoms with E-state index in [9.17, 15) is 18.3 Å². The molecule has 0 aliphatic carbocycles. The van der Waals surface area contributed by atoms with Crippen LogP contribution < -0.4 is 4.74 Å². The van der Waals surface area contributed by atoms with Crippen LogP contribution in [0.4, 0.5) is 13.2 Å². The molecule has 0 saturated carbocycles. The van der Waals surface area contributed by atoms with Gasteiger partial charge in [-0.25, -0.2) is 13.2 Å². The maximum Gasteiger partial charge on any atom is 0.135 e. The molecule has 0 aliphatic rings. The molecule has 1 atom stereocenters. The van der Waals surface area contributed by atoms with Gasteiger partial charge in [0.15, 0.2) is 0 Å². The van der Waals surface area contributed by atoms with Crippen LogP contribution in [0, 0.1) is 17.5 Å². The quantitative estimate of drug-likeness (QED) is 0.904. The molecule has 112 valence electrons. The Morgan fingerprint density at radius 2 is 1.71 bits per heavy atom. The highest BCUT2D eigenvalue weighted by Crippen LogP contribution is 2.33. The standard InChI is InChI=1S/C16H15F3O2/c1-2-7-21-14-6-4-3-5-11(14)16(20)15-12(18)8-10(17)9-13(15)19/h3-6,8-9,16,20H,2,7H2,1H3. The van der Waals surface area contributed by atoms with Crippen molar-refractivity contribution >= 4 is 0 Å². The topological polar surface area (TPSA) is 29.5 Å². The molecule has 5 heteroatoms. The van der Waals surface area contributed by atoms with Crippen molar-refractivity contribution in [1.29, 1.82) is 0 Å². The zero-order valence-electron chi connectivity index (χ0n) is 11.4. The van der Waals surface area contributed by atoms with Gasteiger partial charge in [0.2, 0.25) is 0 Å². The number of halogens is 3. The van der Waals surface area contributed by atoms with E-state index in [4.69, 9.17) is 4.74 Å². The number of ether oxygens (including phenoxy) is 1. The van der Waals surface area contributed by atoms with Gasteiger partial charge in [-0.2, -0.15) is 0 Å². The van der Waals surface area contributed by atoms with Gasteiger partial charge in [0.25, 0.3) is 0 Å². The minimum atomic E-state index is -1.57. The third kappa shape index (κ3) is 3.36. The van der Waals surface area contributed by atoms with Gasteiger partial charge in [-0.3, -0.25) is 0 Å². The first kappa shape index (κ1) is 15.4. The van der Waals surface area contributed by atoms with Crippen LogP contribution in [0.3, 0.4) is 0 Å². The molecule has 0 saturated heterocycles. The minimum absolute atomic E-state index is 0.232. The summed E-state index contributed by atoms with van der Waals surface area (Å²) in [6.45, 7) is 2.33. The second-order valence-electron chi connectivity index (χ2n) is 4.57. The molecular formula is C16H15F3O2. The molecule has 0 heterocycles. The van der Waals surface area contributed by atoms with E-state index >= 15 is 0 Å². The predicted molar refractivity (Wildman–Crippen MR) is 72.6 cm³/mol. The van der Waals surface area contributed by atoms with Gasteiger partial charge in [0, 0.05) is 17.7 Å². The smallest absolute Gasteiger partial charge is 0.135 e. The van der Waals surface area contributed by atoms with Crippen LogP contribution in [-0.2, 0) is 0 Å². The second kappa shape index (κ2) is 6.63. The maximum absolute atomic E-state index is 13.8. The molecule has 2 aromatic carbocycles. The van der Waals surface area contributed by atoms with Crippen molar-refractivity contribution in [2.24, 2.45) is 0 Å². The lowest BCUT2D eigenvalue weighted by Crippen LogP contribution is -2.09. The summed E-state index contributed by atoms with van der Waals surface area (Å²) in [5.74, 6) is -2.96. The molecule has 0 bridgehead atoms. The molecule has 0 fully saturated rings. The number of para-hydroxylation sites is 1. The molecular weight excluding hydrogens is 281 g/mol. The number of benzene rings is 2. The van der Waals surface area contributed by atoms with E-state index in [0.29, 0.717) is 24.5 Å². The Kier molecular flexibility index (Phi) is 4.85. The number of hydrogen-bond acceptors (Lipinski definition) is 2. The van der Waals surface area contributed by atoms with Crippen molar-refractivity contribution < 1.29 is 23.0 Å². The normalized spacial score (nSPS) is 12.2. The van der Waals surface area contributed by atoms with E-state index in [1.54, 1.807) is 18.2 Å². The summed E-state index contributed by atoms with van der Waals surface area (Å²) in [6, 6.07) is 7.51. The highest BCUT2D eigenvalue weighted by atomic mass is 19.1. The molecule has 21 heavy (non-hydrogen) atoms. The Morgan fingerprint density at radius 1 is 1.10 bits per heavy atom. The van der Waals surface area contributed by atoms with Gasteiger partial charge in [0.05, 0.1) is 12.2 Å². The van der Waals surface area contributed by atoms with Crippen molar-refractivity contribution in [3.05, 3.63) is 65.0 Å². The summed E-state index contributed by atoms with van der Waals surface area (Å²) < 4.78 is 45.9. The fourth-order valence-electron chi connectivity index (χ4n) is 2.02. The fourth-order valence-corrected chi connectivity index (χ4v) is 2.02. The van der Waals surface area contributed by atoms with Crippen LogP contribution in [0.5, 0.6) is 5.75 Å². The molecule has 2 rings (SSSR count). The lowest BCUT2D eigenvalue weighted by atomic mass is 9.99. The Morgan fingerprint density at radius 3 is 2.33 bits per heavy atom. The van der Waals surface area contributed by atoms with Crippen molar-refractivity contribution in [1.82, 2.24) is 0 Å². The van der Waals surface area contributed by atoms with Gasteiger partial charge in [-0.05, 0) is 12.5 Å². The summed E-state index contributed by atoms with van der Waals surface area (Å²) in [6.07, 6.45) is -0.817. The summed E-state index contributed by atoms with van der Waals surface area (Å²) in [7, 11) is 0. The monoisotopic (exact) mass is 296 g/mol. The largest absolute Gasteiger partial charge is 0.493 e. The molecule has 0 amide bonds. The first-order valence-corrected chi connectivity index (χ1v) is 6.58. The van der Waals surface area contributed by atoms with E-state index in [0.717, 1.165) is 6.42 Å². The van der Waals surface area contributed by atoms with Crippen LogP contribution in [0.2, 0.25) is 0 Å². The van der Waals surface area contributed by atoms with Gasteiger partial charge < -0.3 is 9.84 Å². The van der Waals surface area contributed by atoms with Crippen LogP contribution in [0.15, 0.2) is 36.4 Å². The average molecular weight is 296 g/mol. The molecule has 0 spiro atoms. The third-order valence-corrected chi connectivity index (χ3v) is 2.99. The van der Waals surface area contributed by atoms with Crippen LogP contribution in [0.1, 0.15) is 30.6 Å². The van der Waals surface area contributed by atoms with Crippen LogP contribution >= 0.6 is 0 Å². The highest BCUT2D eigenvalue weighted by molar-refractivity contribution is 5.41. The number of hydrogen-bond donors (Lipinski definition) is 1. The van der Waals surface area contributed by atoms with Crippen LogP contribution in [0.25, 0.3) is 0 Å². The maximum atomic E-state index is 13.8. The van der Waals surface area contributed by atoms with Gasteiger partial charge in [0.1, 0.15) is 29.3 Å². The average Bonchev–Trinajstić information content (AvgIpc) is 2.44. The lowest BCUT2D eigenvalue weighted by Gasteiger charge is -2.17. The molecule has 2 nitrogen and oxygen atoms in total. The summed E-state index contributed by atoms with van der Waals surface area (Å²) in [4.78, 5) is 0. The zero-order valence-corrected chi connectivity index (χ0v) is 11.4. The van der Waals surface area contributed by atoms with Crippen molar-refractivity contribution in [3.8, 4) is 5.75 Å². The fraction of sp³-hybridized carbons (Fsp3) is 0.250. The van der Waals surface area contributed by atoms with E-state index in [1.165, 1.54) is 6.07 Å². The van der Waals surface area contributed by atoms with Crippen molar-refractivity contribution in [2.45, 2.75) is 19.4 Å². The predicted octanol–water partition coefficient (Wildman–Crippen LogP) is 3.97. The van der Waals surface area contributed by atoms with Gasteiger partial charge >= 0.3 is 0 Å². The number of aliphatic hydroxyl groups is 1. The van der Waals surface area contributed by atoms with Crippen molar-refractivity contribution in [3.63, 3.8) is 0 Å². The van der Waals surface area contributed by atoms with E-state index in [2.05, 4.69) is 0 Å². The second-order valence-corrected chi connectivity index (χ2v) is 4.57. The van der Waals surface area contributed by atoms with E-state index in [1.807, 2.05) is 6.92 Å². The SMILES string of the molecule is CCCOc1ccccc1C(O)c1c(F)cc(F)cc1F. The van der Waals surface area contributed by atoms with Gasteiger partial charge in [-0.15, -0.1) is 0 Å². The molecule has 1 N–H and O–H groups in total. The minimum Gasteiger partial charge on any atom is -0.493 e. The third-order valence-electron chi connectivity index (χ3n) is 2.99. The molecule has 0 aliphatic heterocycles. The van der Waals surface area contributed by atoms with E-state index in [-0.39, 0.29) is 5.56 Å². The van der Waals surface area contributed by atoms with Gasteiger partial charge in [-0.1, -0.05) is 25.1 Å². The molecule has 2 aromatic rings. The molecule has 1 unspecified atom stereocenters. The highest BCUT2D eigenvalue weighted by Gasteiger charge is 2.23.